The quantitative estimate of drug-likeness (QED) is 0.469. The number of rotatable bonds is 9. The largest absolute Gasteiger partial charge is 0.335 e. The fraction of sp³-hybridized carbons (Fsp3) is 0.308. The molecule has 0 spiro atoms. The summed E-state index contributed by atoms with van der Waals surface area (Å²) in [5.41, 5.74) is 3.56. The molecule has 1 aromatic heterocycles. The van der Waals surface area contributed by atoms with Gasteiger partial charge in [-0.3, -0.25) is 14.1 Å². The van der Waals surface area contributed by atoms with Crippen LogP contribution in [0.2, 0.25) is 0 Å². The van der Waals surface area contributed by atoms with Crippen molar-refractivity contribution < 1.29 is 13.2 Å². The fourth-order valence-corrected chi connectivity index (χ4v) is 5.24. The van der Waals surface area contributed by atoms with E-state index in [1.54, 1.807) is 48.8 Å². The van der Waals surface area contributed by atoms with Crippen LogP contribution in [0.5, 0.6) is 0 Å². The maximum absolute atomic E-state index is 13.5. The smallest absolute Gasteiger partial charge is 0.264 e. The van der Waals surface area contributed by atoms with Crippen LogP contribution in [0.4, 0.5) is 5.69 Å². The SMILES string of the molecule is Cc1ccc(N(CCC(=O)N(Cc2cccnc2)C2CC2)S(=O)(=O)c2ccc(C)cc2)cc1. The number of aromatic nitrogens is 1. The van der Waals surface area contributed by atoms with Crippen LogP contribution in [-0.2, 0) is 21.4 Å². The van der Waals surface area contributed by atoms with Crippen LogP contribution in [0.3, 0.4) is 0 Å². The lowest BCUT2D eigenvalue weighted by Gasteiger charge is -2.27. The van der Waals surface area contributed by atoms with Crippen LogP contribution >= 0.6 is 0 Å². The van der Waals surface area contributed by atoms with Crippen LogP contribution in [0.25, 0.3) is 0 Å². The van der Waals surface area contributed by atoms with E-state index in [1.165, 1.54) is 4.31 Å². The average molecular weight is 464 g/mol. The Morgan fingerprint density at radius 3 is 2.18 bits per heavy atom. The lowest BCUT2D eigenvalue weighted by Crippen LogP contribution is -2.38. The summed E-state index contributed by atoms with van der Waals surface area (Å²) in [6.45, 7) is 4.44. The predicted molar refractivity (Wildman–Crippen MR) is 129 cm³/mol. The van der Waals surface area contributed by atoms with Gasteiger partial charge in [-0.1, -0.05) is 41.5 Å². The number of benzene rings is 2. The van der Waals surface area contributed by atoms with Gasteiger partial charge in [-0.25, -0.2) is 8.42 Å². The predicted octanol–water partition coefficient (Wildman–Crippen LogP) is 4.48. The molecule has 172 valence electrons. The Morgan fingerprint density at radius 2 is 1.61 bits per heavy atom. The number of aryl methyl sites for hydroxylation is 2. The third-order valence-corrected chi connectivity index (χ3v) is 7.68. The third-order valence-electron chi connectivity index (χ3n) is 5.84. The summed E-state index contributed by atoms with van der Waals surface area (Å²) in [5, 5.41) is 0. The van der Waals surface area contributed by atoms with Crippen LogP contribution < -0.4 is 4.31 Å². The zero-order valence-electron chi connectivity index (χ0n) is 19.0. The molecular formula is C26H29N3O3S. The van der Waals surface area contributed by atoms with Crippen LogP contribution in [0.1, 0.15) is 36.0 Å². The number of sulfonamides is 1. The number of carbonyl (C=O) groups is 1. The highest BCUT2D eigenvalue weighted by molar-refractivity contribution is 7.92. The lowest BCUT2D eigenvalue weighted by molar-refractivity contribution is -0.132. The monoisotopic (exact) mass is 463 g/mol. The summed E-state index contributed by atoms with van der Waals surface area (Å²) in [5.74, 6) is -0.0439. The van der Waals surface area contributed by atoms with E-state index in [-0.39, 0.29) is 29.8 Å². The van der Waals surface area contributed by atoms with Gasteiger partial charge in [0.1, 0.15) is 0 Å². The van der Waals surface area contributed by atoms with Gasteiger partial charge in [-0.15, -0.1) is 0 Å². The number of carbonyl (C=O) groups excluding carboxylic acids is 1. The summed E-state index contributed by atoms with van der Waals surface area (Å²) in [6.07, 6.45) is 5.55. The highest BCUT2D eigenvalue weighted by Gasteiger charge is 2.33. The Kier molecular flexibility index (Phi) is 6.79. The van der Waals surface area contributed by atoms with Crippen molar-refractivity contribution in [1.29, 1.82) is 0 Å². The molecule has 0 radical (unpaired) electrons. The van der Waals surface area contributed by atoms with Gasteiger partial charge in [0.05, 0.1) is 10.6 Å². The highest BCUT2D eigenvalue weighted by Crippen LogP contribution is 2.30. The molecular weight excluding hydrogens is 434 g/mol. The van der Waals surface area contributed by atoms with Crippen molar-refractivity contribution >= 4 is 21.6 Å². The molecule has 0 bridgehead atoms. The van der Waals surface area contributed by atoms with Crippen molar-refractivity contribution in [2.45, 2.75) is 50.6 Å². The van der Waals surface area contributed by atoms with Crippen molar-refractivity contribution in [3.63, 3.8) is 0 Å². The number of pyridine rings is 1. The van der Waals surface area contributed by atoms with E-state index >= 15 is 0 Å². The molecule has 0 unspecified atom stereocenters. The Balaban J connectivity index is 1.56. The number of hydrogen-bond acceptors (Lipinski definition) is 4. The molecule has 1 fully saturated rings. The van der Waals surface area contributed by atoms with Crippen molar-refractivity contribution in [3.8, 4) is 0 Å². The Bertz CT molecular complexity index is 1190. The maximum Gasteiger partial charge on any atom is 0.264 e. The van der Waals surface area contributed by atoms with E-state index in [0.29, 0.717) is 12.2 Å². The van der Waals surface area contributed by atoms with Crippen molar-refractivity contribution in [1.82, 2.24) is 9.88 Å². The molecule has 0 saturated heterocycles. The maximum atomic E-state index is 13.5. The summed E-state index contributed by atoms with van der Waals surface area (Å²) >= 11 is 0. The van der Waals surface area contributed by atoms with E-state index in [9.17, 15) is 13.2 Å². The lowest BCUT2D eigenvalue weighted by atomic mass is 10.2. The zero-order valence-corrected chi connectivity index (χ0v) is 19.8. The van der Waals surface area contributed by atoms with Gasteiger partial charge in [0.15, 0.2) is 0 Å². The molecule has 1 saturated carbocycles. The minimum Gasteiger partial charge on any atom is -0.335 e. The summed E-state index contributed by atoms with van der Waals surface area (Å²) in [6, 6.07) is 18.2. The molecule has 6 nitrogen and oxygen atoms in total. The first-order valence-electron chi connectivity index (χ1n) is 11.2. The molecule has 1 amide bonds. The highest BCUT2D eigenvalue weighted by atomic mass is 32.2. The minimum absolute atomic E-state index is 0.0439. The average Bonchev–Trinajstić information content (AvgIpc) is 3.65. The van der Waals surface area contributed by atoms with E-state index in [0.717, 1.165) is 29.5 Å². The van der Waals surface area contributed by atoms with Crippen molar-refractivity contribution in [2.75, 3.05) is 10.8 Å². The van der Waals surface area contributed by atoms with Gasteiger partial charge >= 0.3 is 0 Å². The molecule has 0 aliphatic heterocycles. The second-order valence-corrected chi connectivity index (χ2v) is 10.5. The molecule has 0 N–H and O–H groups in total. The molecule has 4 rings (SSSR count). The number of amides is 1. The van der Waals surface area contributed by atoms with Crippen molar-refractivity contribution in [2.24, 2.45) is 0 Å². The number of nitrogens with zero attached hydrogens (tertiary/aromatic N) is 3. The van der Waals surface area contributed by atoms with E-state index in [2.05, 4.69) is 4.98 Å². The molecule has 33 heavy (non-hydrogen) atoms. The number of hydrogen-bond donors (Lipinski definition) is 0. The molecule has 0 atom stereocenters. The van der Waals surface area contributed by atoms with Crippen LogP contribution in [0, 0.1) is 13.8 Å². The van der Waals surface area contributed by atoms with Gasteiger partial charge in [0, 0.05) is 37.9 Å². The van der Waals surface area contributed by atoms with Gasteiger partial charge in [0.2, 0.25) is 5.91 Å². The van der Waals surface area contributed by atoms with Gasteiger partial charge < -0.3 is 4.90 Å². The first-order chi connectivity index (χ1) is 15.8. The molecule has 7 heteroatoms. The molecule has 1 aliphatic rings. The van der Waals surface area contributed by atoms with E-state index < -0.39 is 10.0 Å². The topological polar surface area (TPSA) is 70.6 Å². The first kappa shape index (κ1) is 23.0. The Hall–Kier alpha value is -3.19. The Labute approximate surface area is 195 Å². The van der Waals surface area contributed by atoms with Crippen molar-refractivity contribution in [3.05, 3.63) is 89.7 Å². The van der Waals surface area contributed by atoms with Gasteiger partial charge in [-0.2, -0.15) is 0 Å². The second-order valence-electron chi connectivity index (χ2n) is 8.59. The second kappa shape index (κ2) is 9.75. The van der Waals surface area contributed by atoms with E-state index in [4.69, 9.17) is 0 Å². The van der Waals surface area contributed by atoms with Gasteiger partial charge in [0.25, 0.3) is 10.0 Å². The summed E-state index contributed by atoms with van der Waals surface area (Å²) < 4.78 is 28.4. The third kappa shape index (κ3) is 5.60. The summed E-state index contributed by atoms with van der Waals surface area (Å²) in [4.78, 5) is 19.4. The van der Waals surface area contributed by atoms with Crippen LogP contribution in [0.15, 0.2) is 78.0 Å². The first-order valence-corrected chi connectivity index (χ1v) is 12.6. The van der Waals surface area contributed by atoms with Crippen LogP contribution in [-0.4, -0.2) is 36.8 Å². The summed E-state index contributed by atoms with van der Waals surface area (Å²) in [7, 11) is -3.82. The minimum atomic E-state index is -3.82. The Morgan fingerprint density at radius 1 is 0.970 bits per heavy atom. The fourth-order valence-electron chi connectivity index (χ4n) is 3.77. The standard InChI is InChI=1S/C26H29N3O3S/c1-20-5-9-24(10-6-20)29(33(31,32)25-13-7-21(2)8-14-25)17-15-26(30)28(23-11-12-23)19-22-4-3-16-27-18-22/h3-10,13-14,16,18,23H,11-12,15,17,19H2,1-2H3. The molecule has 3 aromatic rings. The zero-order chi connectivity index (χ0) is 23.4. The van der Waals surface area contributed by atoms with E-state index in [1.807, 2.05) is 43.0 Å². The molecule has 1 heterocycles. The normalized spacial score (nSPS) is 13.5. The molecule has 2 aromatic carbocycles. The number of anilines is 1. The van der Waals surface area contributed by atoms with Gasteiger partial charge in [-0.05, 0) is 62.6 Å². The molecule has 1 aliphatic carbocycles.